The van der Waals surface area contributed by atoms with Crippen molar-refractivity contribution >= 4 is 15.9 Å². The van der Waals surface area contributed by atoms with Gasteiger partial charge in [0.05, 0.1) is 11.7 Å². The monoisotopic (exact) mass is 300 g/mol. The number of carbonyl (C=O) groups excluding carboxylic acids is 1. The Hall–Kier alpha value is -1.47. The molecule has 0 saturated heterocycles. The molecule has 0 aromatic heterocycles. The summed E-state index contributed by atoms with van der Waals surface area (Å²) in [5.41, 5.74) is 5.36. The third-order valence-electron chi connectivity index (χ3n) is 3.52. The molecule has 1 aromatic carbocycles. The largest absolute Gasteiger partial charge is 0.369 e. The van der Waals surface area contributed by atoms with Crippen LogP contribution in [0.5, 0.6) is 0 Å². The minimum absolute atomic E-state index is 0.105. The molecule has 0 spiro atoms. The summed E-state index contributed by atoms with van der Waals surface area (Å²) in [5, 5.41) is 0. The summed E-state index contributed by atoms with van der Waals surface area (Å²) in [7, 11) is -3.70. The Morgan fingerprint density at radius 2 is 2.05 bits per heavy atom. The van der Waals surface area contributed by atoms with Gasteiger partial charge in [0.1, 0.15) is 5.82 Å². The molecule has 0 bridgehead atoms. The van der Waals surface area contributed by atoms with Gasteiger partial charge in [-0.05, 0) is 18.9 Å². The summed E-state index contributed by atoms with van der Waals surface area (Å²) in [6, 6.07) is 5.24. The zero-order valence-electron chi connectivity index (χ0n) is 10.9. The number of primary amides is 1. The average Bonchev–Trinajstić information content (AvgIpc) is 2.79. The lowest BCUT2D eigenvalue weighted by molar-refractivity contribution is -0.122. The zero-order chi connectivity index (χ0) is 14.8. The molecule has 5 nitrogen and oxygen atoms in total. The molecule has 0 radical (unpaired) electrons. The maximum atomic E-state index is 13.5. The summed E-state index contributed by atoms with van der Waals surface area (Å²) in [4.78, 5) is 11.2. The van der Waals surface area contributed by atoms with E-state index in [2.05, 4.69) is 4.72 Å². The van der Waals surface area contributed by atoms with Crippen LogP contribution in [0.2, 0.25) is 0 Å². The molecule has 1 aliphatic carbocycles. The summed E-state index contributed by atoms with van der Waals surface area (Å²) in [5.74, 6) is -1.98. The highest BCUT2D eigenvalue weighted by molar-refractivity contribution is 7.88. The highest BCUT2D eigenvalue weighted by Gasteiger charge is 2.34. The number of hydrogen-bond acceptors (Lipinski definition) is 3. The Balaban J connectivity index is 2.08. The Morgan fingerprint density at radius 1 is 1.35 bits per heavy atom. The van der Waals surface area contributed by atoms with Crippen LogP contribution < -0.4 is 10.5 Å². The molecule has 1 fully saturated rings. The summed E-state index contributed by atoms with van der Waals surface area (Å²) in [6.07, 6.45) is 1.91. The van der Waals surface area contributed by atoms with Gasteiger partial charge in [-0.25, -0.2) is 17.5 Å². The molecule has 2 atom stereocenters. The molecule has 0 heterocycles. The van der Waals surface area contributed by atoms with Gasteiger partial charge in [0.2, 0.25) is 15.9 Å². The SMILES string of the molecule is NC(=O)[C@H]1CCC[C@@H]1NS(=O)(=O)Cc1ccccc1F. The van der Waals surface area contributed by atoms with Crippen LogP contribution in [0.3, 0.4) is 0 Å². The Labute approximate surface area is 117 Å². The number of nitrogens with two attached hydrogens (primary N) is 1. The minimum atomic E-state index is -3.70. The van der Waals surface area contributed by atoms with E-state index in [-0.39, 0.29) is 5.56 Å². The number of amides is 1. The van der Waals surface area contributed by atoms with Crippen molar-refractivity contribution < 1.29 is 17.6 Å². The molecule has 0 unspecified atom stereocenters. The molecule has 1 aromatic rings. The molecule has 7 heteroatoms. The Kier molecular flexibility index (Phi) is 4.39. The Bertz CT molecular complexity index is 603. The van der Waals surface area contributed by atoms with E-state index in [1.807, 2.05) is 0 Å². The van der Waals surface area contributed by atoms with Gasteiger partial charge < -0.3 is 5.73 Å². The van der Waals surface area contributed by atoms with Gasteiger partial charge in [-0.3, -0.25) is 4.79 Å². The number of halogens is 1. The second-order valence-electron chi connectivity index (χ2n) is 5.01. The van der Waals surface area contributed by atoms with E-state index >= 15 is 0 Å². The highest BCUT2D eigenvalue weighted by atomic mass is 32.2. The van der Waals surface area contributed by atoms with Gasteiger partial charge in [0.25, 0.3) is 0 Å². The van der Waals surface area contributed by atoms with Crippen molar-refractivity contribution in [1.82, 2.24) is 4.72 Å². The van der Waals surface area contributed by atoms with Gasteiger partial charge in [-0.2, -0.15) is 0 Å². The predicted octanol–water partition coefficient (Wildman–Crippen LogP) is 0.899. The molecule has 0 aliphatic heterocycles. The van der Waals surface area contributed by atoms with Crippen LogP contribution in [0.15, 0.2) is 24.3 Å². The first-order chi connectivity index (χ1) is 9.39. The second-order valence-corrected chi connectivity index (χ2v) is 6.77. The van der Waals surface area contributed by atoms with E-state index in [1.165, 1.54) is 18.2 Å². The van der Waals surface area contributed by atoms with E-state index in [1.54, 1.807) is 6.07 Å². The average molecular weight is 300 g/mol. The molecule has 1 amide bonds. The second kappa shape index (κ2) is 5.88. The fourth-order valence-electron chi connectivity index (χ4n) is 2.53. The number of rotatable bonds is 5. The first-order valence-electron chi connectivity index (χ1n) is 6.42. The molecule has 1 aliphatic rings. The highest BCUT2D eigenvalue weighted by Crippen LogP contribution is 2.26. The summed E-state index contributed by atoms with van der Waals surface area (Å²) in [6.45, 7) is 0. The molecular weight excluding hydrogens is 283 g/mol. The van der Waals surface area contributed by atoms with Gasteiger partial charge in [0.15, 0.2) is 0 Å². The molecule has 20 heavy (non-hydrogen) atoms. The smallest absolute Gasteiger partial charge is 0.222 e. The number of carbonyl (C=O) groups is 1. The van der Waals surface area contributed by atoms with Crippen molar-refractivity contribution in [3.8, 4) is 0 Å². The van der Waals surface area contributed by atoms with Crippen LogP contribution in [-0.2, 0) is 20.6 Å². The lowest BCUT2D eigenvalue weighted by atomic mass is 10.0. The van der Waals surface area contributed by atoms with E-state index in [4.69, 9.17) is 5.73 Å². The van der Waals surface area contributed by atoms with Crippen LogP contribution in [0, 0.1) is 11.7 Å². The molecule has 1 saturated carbocycles. The van der Waals surface area contributed by atoms with E-state index in [0.29, 0.717) is 12.8 Å². The maximum absolute atomic E-state index is 13.5. The third kappa shape index (κ3) is 3.55. The van der Waals surface area contributed by atoms with Crippen molar-refractivity contribution in [3.05, 3.63) is 35.6 Å². The quantitative estimate of drug-likeness (QED) is 0.846. The van der Waals surface area contributed by atoms with Crippen molar-refractivity contribution in [2.45, 2.75) is 31.1 Å². The Morgan fingerprint density at radius 3 is 2.70 bits per heavy atom. The zero-order valence-corrected chi connectivity index (χ0v) is 11.7. The number of sulfonamides is 1. The minimum Gasteiger partial charge on any atom is -0.369 e. The van der Waals surface area contributed by atoms with Gasteiger partial charge in [0, 0.05) is 11.6 Å². The van der Waals surface area contributed by atoms with Crippen molar-refractivity contribution in [2.75, 3.05) is 0 Å². The van der Waals surface area contributed by atoms with Gasteiger partial charge in [-0.1, -0.05) is 24.6 Å². The lowest BCUT2D eigenvalue weighted by Gasteiger charge is -2.18. The van der Waals surface area contributed by atoms with Gasteiger partial charge in [-0.15, -0.1) is 0 Å². The standard InChI is InChI=1S/C13H17FN2O3S/c14-11-6-2-1-4-9(11)8-20(18,19)16-12-7-3-5-10(12)13(15)17/h1-2,4,6,10,12,16H,3,5,7-8H2,(H2,15,17)/t10-,12-/m0/s1. The van der Waals surface area contributed by atoms with Crippen LogP contribution in [0.25, 0.3) is 0 Å². The van der Waals surface area contributed by atoms with Crippen LogP contribution in [0.4, 0.5) is 4.39 Å². The number of nitrogens with one attached hydrogen (secondary N) is 1. The number of benzene rings is 1. The lowest BCUT2D eigenvalue weighted by Crippen LogP contribution is -2.42. The summed E-state index contributed by atoms with van der Waals surface area (Å²) < 4.78 is 40.0. The van der Waals surface area contributed by atoms with E-state index < -0.39 is 39.5 Å². The molecular formula is C13H17FN2O3S. The van der Waals surface area contributed by atoms with Crippen LogP contribution in [-0.4, -0.2) is 20.4 Å². The number of hydrogen-bond donors (Lipinski definition) is 2. The first-order valence-corrected chi connectivity index (χ1v) is 8.07. The summed E-state index contributed by atoms with van der Waals surface area (Å²) >= 11 is 0. The molecule has 2 rings (SSSR count). The fraction of sp³-hybridized carbons (Fsp3) is 0.462. The van der Waals surface area contributed by atoms with Crippen LogP contribution >= 0.6 is 0 Å². The predicted molar refractivity (Wildman–Crippen MR) is 72.5 cm³/mol. The maximum Gasteiger partial charge on any atom is 0.222 e. The van der Waals surface area contributed by atoms with Crippen molar-refractivity contribution in [2.24, 2.45) is 11.7 Å². The first kappa shape index (κ1) is 14.9. The van der Waals surface area contributed by atoms with Crippen LogP contribution in [0.1, 0.15) is 24.8 Å². The fourth-order valence-corrected chi connectivity index (χ4v) is 4.00. The van der Waals surface area contributed by atoms with Crippen molar-refractivity contribution in [1.29, 1.82) is 0 Å². The normalized spacial score (nSPS) is 22.9. The third-order valence-corrected chi connectivity index (χ3v) is 4.87. The van der Waals surface area contributed by atoms with E-state index in [0.717, 1.165) is 6.42 Å². The van der Waals surface area contributed by atoms with Crippen molar-refractivity contribution in [3.63, 3.8) is 0 Å². The van der Waals surface area contributed by atoms with Gasteiger partial charge >= 0.3 is 0 Å². The molecule has 3 N–H and O–H groups in total. The topological polar surface area (TPSA) is 89.3 Å². The molecule has 110 valence electrons. The van der Waals surface area contributed by atoms with E-state index in [9.17, 15) is 17.6 Å².